The van der Waals surface area contributed by atoms with Crippen LogP contribution in [0.4, 0.5) is 5.69 Å². The summed E-state index contributed by atoms with van der Waals surface area (Å²) in [6.45, 7) is 0.285. The summed E-state index contributed by atoms with van der Waals surface area (Å²) in [7, 11) is -0.505. The van der Waals surface area contributed by atoms with Gasteiger partial charge in [0.05, 0.1) is 36.5 Å². The average Bonchev–Trinajstić information content (AvgIpc) is 2.27. The molecule has 1 rings (SSSR count). The molecule has 0 fully saturated rings. The molecular weight excluding hydrogens is 244 g/mol. The number of methoxy groups -OCH3 is 2. The minimum absolute atomic E-state index is 0.0769. The maximum absolute atomic E-state index is 11.5. The predicted molar refractivity (Wildman–Crippen MR) is 64.1 cm³/mol. The summed E-state index contributed by atoms with van der Waals surface area (Å²) in [4.78, 5) is 0. The maximum atomic E-state index is 11.5. The van der Waals surface area contributed by atoms with Crippen LogP contribution in [0.1, 0.15) is 0 Å². The van der Waals surface area contributed by atoms with Crippen molar-refractivity contribution in [1.29, 1.82) is 0 Å². The molecule has 0 saturated heterocycles. The molecule has 0 amide bonds. The summed E-state index contributed by atoms with van der Waals surface area (Å²) >= 11 is 0. The summed E-state index contributed by atoms with van der Waals surface area (Å²) < 4.78 is 36.7. The first-order valence-electron chi connectivity index (χ1n) is 4.98. The highest BCUT2D eigenvalue weighted by Gasteiger charge is 2.02. The Labute approximate surface area is 101 Å². The molecule has 96 valence electrons. The molecule has 0 bridgehead atoms. The lowest BCUT2D eigenvalue weighted by Gasteiger charge is -2.22. The third kappa shape index (κ3) is 4.12. The van der Waals surface area contributed by atoms with Crippen molar-refractivity contribution in [1.82, 2.24) is 0 Å². The van der Waals surface area contributed by atoms with Gasteiger partial charge in [-0.25, -0.2) is 8.42 Å². The zero-order chi connectivity index (χ0) is 12.9. The first kappa shape index (κ1) is 13.6. The second-order valence-electron chi connectivity index (χ2n) is 3.30. The molecule has 1 aromatic carbocycles. The summed E-state index contributed by atoms with van der Waals surface area (Å²) in [6, 6.07) is 4.71. The molecule has 6 nitrogen and oxygen atoms in total. The van der Waals surface area contributed by atoms with Gasteiger partial charge >= 0.3 is 0 Å². The van der Waals surface area contributed by atoms with Crippen molar-refractivity contribution >= 4 is 15.7 Å². The Kier molecular flexibility index (Phi) is 4.59. The standard InChI is InChI=1S/C10H15N2O4S/c1-15-9-5-8(6-10(7-9)16-2)12-17(13,14)4-3-11/h5-7H,3-4,11H2,1-2H3/q-1/p+1. The summed E-state index contributed by atoms with van der Waals surface area (Å²) in [5.74, 6) is 0.910. The monoisotopic (exact) mass is 260 g/mol. The molecule has 0 aromatic heterocycles. The Morgan fingerprint density at radius 2 is 1.71 bits per heavy atom. The number of hydrogen-bond donors (Lipinski definition) is 1. The fourth-order valence-corrected chi connectivity index (χ4v) is 2.12. The number of sulfonamides is 1. The number of nitrogens with zero attached hydrogens (tertiary/aromatic N) is 1. The maximum Gasteiger partial charge on any atom is 0.121 e. The number of ether oxygens (including phenoxy) is 2. The van der Waals surface area contributed by atoms with Crippen molar-refractivity contribution in [2.75, 3.05) is 26.5 Å². The molecule has 1 aromatic rings. The summed E-state index contributed by atoms with van der Waals surface area (Å²) in [6.07, 6.45) is 0. The van der Waals surface area contributed by atoms with Crippen LogP contribution in [0.5, 0.6) is 11.5 Å². The van der Waals surface area contributed by atoms with E-state index in [0.29, 0.717) is 11.5 Å². The van der Waals surface area contributed by atoms with Gasteiger partial charge in [-0.2, -0.15) is 0 Å². The van der Waals surface area contributed by atoms with E-state index in [-0.39, 0.29) is 18.0 Å². The zero-order valence-electron chi connectivity index (χ0n) is 9.84. The lowest BCUT2D eigenvalue weighted by atomic mass is 10.3. The molecule has 0 heterocycles. The third-order valence-electron chi connectivity index (χ3n) is 1.98. The first-order chi connectivity index (χ1) is 8.00. The van der Waals surface area contributed by atoms with Crippen LogP contribution < -0.4 is 15.2 Å². The Balaban J connectivity index is 2.98. The van der Waals surface area contributed by atoms with Gasteiger partial charge in [-0.3, -0.25) is 0 Å². The van der Waals surface area contributed by atoms with Crippen LogP contribution in [0.2, 0.25) is 0 Å². The number of benzene rings is 1. The average molecular weight is 260 g/mol. The van der Waals surface area contributed by atoms with Gasteiger partial charge in [0.1, 0.15) is 11.5 Å². The van der Waals surface area contributed by atoms with Crippen molar-refractivity contribution in [3.05, 3.63) is 22.9 Å². The highest BCUT2D eigenvalue weighted by Crippen LogP contribution is 2.32. The van der Waals surface area contributed by atoms with E-state index in [9.17, 15) is 8.42 Å². The van der Waals surface area contributed by atoms with E-state index in [4.69, 9.17) is 9.47 Å². The number of rotatable bonds is 6. The van der Waals surface area contributed by atoms with Crippen molar-refractivity contribution in [3.63, 3.8) is 0 Å². The Bertz CT molecular complexity index is 451. The van der Waals surface area contributed by atoms with Gasteiger partial charge in [0.25, 0.3) is 0 Å². The highest BCUT2D eigenvalue weighted by molar-refractivity contribution is 7.94. The summed E-state index contributed by atoms with van der Waals surface area (Å²) in [5, 5.41) is 0. The van der Waals surface area contributed by atoms with Crippen molar-refractivity contribution in [3.8, 4) is 11.5 Å². The van der Waals surface area contributed by atoms with Gasteiger partial charge in [-0.05, 0) is 12.1 Å². The van der Waals surface area contributed by atoms with Crippen LogP contribution in [0.3, 0.4) is 0 Å². The molecular formula is C10H16N2O4S. The van der Waals surface area contributed by atoms with Gasteiger partial charge in [0, 0.05) is 6.07 Å². The SMILES string of the molecule is COc1cc([N-]S(=O)(=O)CC[NH3+])cc(OC)c1. The predicted octanol–water partition coefficient (Wildman–Crippen LogP) is 0.281. The molecule has 0 spiro atoms. The molecule has 0 unspecified atom stereocenters. The van der Waals surface area contributed by atoms with Gasteiger partial charge < -0.3 is 19.9 Å². The van der Waals surface area contributed by atoms with Crippen LogP contribution in [-0.4, -0.2) is 34.9 Å². The van der Waals surface area contributed by atoms with E-state index < -0.39 is 10.0 Å². The first-order valence-corrected chi connectivity index (χ1v) is 6.59. The van der Waals surface area contributed by atoms with Crippen LogP contribution in [0.25, 0.3) is 4.72 Å². The van der Waals surface area contributed by atoms with E-state index in [1.807, 2.05) is 0 Å². The van der Waals surface area contributed by atoms with Gasteiger partial charge in [-0.1, -0.05) is 0 Å². The van der Waals surface area contributed by atoms with Gasteiger partial charge in [0.15, 0.2) is 0 Å². The molecule has 0 radical (unpaired) electrons. The van der Waals surface area contributed by atoms with E-state index in [2.05, 4.69) is 10.5 Å². The number of quaternary nitrogens is 1. The van der Waals surface area contributed by atoms with Crippen molar-refractivity contribution in [2.45, 2.75) is 0 Å². The fraction of sp³-hybridized carbons (Fsp3) is 0.400. The third-order valence-corrected chi connectivity index (χ3v) is 3.28. The van der Waals surface area contributed by atoms with Crippen LogP contribution >= 0.6 is 0 Å². The molecule has 17 heavy (non-hydrogen) atoms. The molecule has 0 atom stereocenters. The largest absolute Gasteiger partial charge is 0.576 e. The van der Waals surface area contributed by atoms with E-state index >= 15 is 0 Å². The van der Waals surface area contributed by atoms with Crippen LogP contribution in [0.15, 0.2) is 18.2 Å². The lowest BCUT2D eigenvalue weighted by Crippen LogP contribution is -2.52. The minimum atomic E-state index is -3.48. The number of hydrogen-bond acceptors (Lipinski definition) is 4. The van der Waals surface area contributed by atoms with E-state index in [0.717, 1.165) is 0 Å². The minimum Gasteiger partial charge on any atom is -0.576 e. The highest BCUT2D eigenvalue weighted by atomic mass is 32.2. The van der Waals surface area contributed by atoms with E-state index in [1.54, 1.807) is 6.07 Å². The molecule has 0 aliphatic heterocycles. The normalized spacial score (nSPS) is 11.0. The van der Waals surface area contributed by atoms with Crippen molar-refractivity contribution in [2.24, 2.45) is 0 Å². The second-order valence-corrected chi connectivity index (χ2v) is 5.06. The Morgan fingerprint density at radius 1 is 1.18 bits per heavy atom. The smallest absolute Gasteiger partial charge is 0.121 e. The van der Waals surface area contributed by atoms with Crippen molar-refractivity contribution < 1.29 is 23.6 Å². The quantitative estimate of drug-likeness (QED) is 0.794. The topological polar surface area (TPSA) is 94.3 Å². The molecule has 0 saturated carbocycles. The fourth-order valence-electron chi connectivity index (χ4n) is 1.23. The molecule has 0 aliphatic carbocycles. The summed E-state index contributed by atoms with van der Waals surface area (Å²) in [5.41, 5.74) is 3.78. The molecule has 3 N–H and O–H groups in total. The molecule has 7 heteroatoms. The Morgan fingerprint density at radius 3 is 2.12 bits per heavy atom. The zero-order valence-corrected chi connectivity index (χ0v) is 10.7. The Hall–Kier alpha value is -1.47. The molecule has 0 aliphatic rings. The van der Waals surface area contributed by atoms with E-state index in [1.165, 1.54) is 26.4 Å². The van der Waals surface area contributed by atoms with Crippen LogP contribution in [0, 0.1) is 0 Å². The lowest BCUT2D eigenvalue weighted by molar-refractivity contribution is -0.360. The second kappa shape index (κ2) is 5.74. The van der Waals surface area contributed by atoms with Gasteiger partial charge in [-0.15, -0.1) is 5.69 Å². The van der Waals surface area contributed by atoms with Crippen LogP contribution in [-0.2, 0) is 10.0 Å². The van der Waals surface area contributed by atoms with Gasteiger partial charge in [0.2, 0.25) is 0 Å².